The summed E-state index contributed by atoms with van der Waals surface area (Å²) >= 11 is 0. The van der Waals surface area contributed by atoms with Crippen LogP contribution in [0.2, 0.25) is 0 Å². The van der Waals surface area contributed by atoms with Gasteiger partial charge < -0.3 is 20.1 Å². The fourth-order valence-electron chi connectivity index (χ4n) is 4.17. The van der Waals surface area contributed by atoms with Crippen LogP contribution in [0.25, 0.3) is 0 Å². The summed E-state index contributed by atoms with van der Waals surface area (Å²) in [6.45, 7) is 3.11. The number of carbonyl (C=O) groups is 1. The Morgan fingerprint density at radius 3 is 2.61 bits per heavy atom. The van der Waals surface area contributed by atoms with Gasteiger partial charge >= 0.3 is 0 Å². The molecule has 2 aromatic rings. The smallest absolute Gasteiger partial charge is 0.228 e. The summed E-state index contributed by atoms with van der Waals surface area (Å²) < 4.78 is 11.0. The van der Waals surface area contributed by atoms with E-state index in [9.17, 15) is 4.79 Å². The fraction of sp³-hybridized carbons (Fsp3) is 0.435. The molecule has 0 radical (unpaired) electrons. The summed E-state index contributed by atoms with van der Waals surface area (Å²) in [6, 6.07) is 15.8. The van der Waals surface area contributed by atoms with Crippen molar-refractivity contribution in [2.24, 2.45) is 11.3 Å². The van der Waals surface area contributed by atoms with Crippen molar-refractivity contribution in [1.29, 1.82) is 0 Å². The largest absolute Gasteiger partial charge is 0.497 e. The Morgan fingerprint density at radius 2 is 1.86 bits per heavy atom. The first-order chi connectivity index (χ1) is 13.7. The fourth-order valence-corrected chi connectivity index (χ4v) is 4.17. The van der Waals surface area contributed by atoms with E-state index >= 15 is 0 Å². The molecule has 148 valence electrons. The minimum absolute atomic E-state index is 0.165. The van der Waals surface area contributed by atoms with Crippen molar-refractivity contribution < 1.29 is 14.3 Å². The first-order valence-electron chi connectivity index (χ1n) is 10.00. The van der Waals surface area contributed by atoms with Gasteiger partial charge in [0.05, 0.1) is 20.3 Å². The molecule has 5 heteroatoms. The van der Waals surface area contributed by atoms with Crippen molar-refractivity contribution in [3.63, 3.8) is 0 Å². The van der Waals surface area contributed by atoms with Gasteiger partial charge in [0.2, 0.25) is 5.91 Å². The predicted molar refractivity (Wildman–Crippen MR) is 109 cm³/mol. The second-order valence-electron chi connectivity index (χ2n) is 7.90. The van der Waals surface area contributed by atoms with E-state index < -0.39 is 0 Å². The van der Waals surface area contributed by atoms with Crippen molar-refractivity contribution in [3.8, 4) is 5.75 Å². The lowest BCUT2D eigenvalue weighted by atomic mass is 9.92. The van der Waals surface area contributed by atoms with E-state index in [4.69, 9.17) is 9.47 Å². The Kier molecular flexibility index (Phi) is 5.64. The van der Waals surface area contributed by atoms with Gasteiger partial charge in [-0.05, 0) is 73.2 Å². The van der Waals surface area contributed by atoms with Gasteiger partial charge in [-0.15, -0.1) is 0 Å². The van der Waals surface area contributed by atoms with Gasteiger partial charge in [-0.1, -0.05) is 24.3 Å². The molecular weight excluding hydrogens is 352 g/mol. The molecule has 0 bridgehead atoms. The molecule has 1 unspecified atom stereocenters. The van der Waals surface area contributed by atoms with Gasteiger partial charge in [0.15, 0.2) is 0 Å². The van der Waals surface area contributed by atoms with E-state index in [1.165, 1.54) is 0 Å². The summed E-state index contributed by atoms with van der Waals surface area (Å²) in [4.78, 5) is 12.6. The topological polar surface area (TPSA) is 59.6 Å². The van der Waals surface area contributed by atoms with E-state index in [1.54, 1.807) is 7.11 Å². The molecule has 1 aliphatic carbocycles. The zero-order valence-electron chi connectivity index (χ0n) is 16.4. The second kappa shape index (κ2) is 8.33. The average molecular weight is 380 g/mol. The summed E-state index contributed by atoms with van der Waals surface area (Å²) in [5.41, 5.74) is 3.27. The van der Waals surface area contributed by atoms with E-state index in [2.05, 4.69) is 10.6 Å². The quantitative estimate of drug-likeness (QED) is 0.768. The molecule has 1 spiro atoms. The number of hydrogen-bond acceptors (Lipinski definition) is 4. The maximum Gasteiger partial charge on any atom is 0.228 e. The zero-order valence-corrected chi connectivity index (χ0v) is 16.4. The van der Waals surface area contributed by atoms with E-state index in [0.29, 0.717) is 13.2 Å². The molecule has 2 aliphatic rings. The van der Waals surface area contributed by atoms with E-state index in [0.717, 1.165) is 54.9 Å². The van der Waals surface area contributed by atoms with Gasteiger partial charge in [0.25, 0.3) is 0 Å². The zero-order chi connectivity index (χ0) is 19.4. The van der Waals surface area contributed by atoms with Gasteiger partial charge in [-0.2, -0.15) is 0 Å². The molecule has 1 heterocycles. The Labute approximate surface area is 166 Å². The molecular formula is C23H28N2O3. The van der Waals surface area contributed by atoms with Crippen LogP contribution in [0.3, 0.4) is 0 Å². The predicted octanol–water partition coefficient (Wildman–Crippen LogP) is 3.74. The molecule has 0 aromatic heterocycles. The number of carbonyl (C=O) groups excluding carboxylic acids is 1. The van der Waals surface area contributed by atoms with Crippen LogP contribution in [0.1, 0.15) is 30.4 Å². The van der Waals surface area contributed by atoms with Crippen LogP contribution < -0.4 is 15.4 Å². The van der Waals surface area contributed by atoms with Gasteiger partial charge in [0, 0.05) is 11.6 Å². The van der Waals surface area contributed by atoms with Crippen molar-refractivity contribution in [1.82, 2.24) is 5.32 Å². The number of piperidine rings is 1. The van der Waals surface area contributed by atoms with Gasteiger partial charge in [-0.3, -0.25) is 4.79 Å². The monoisotopic (exact) mass is 380 g/mol. The van der Waals surface area contributed by atoms with Crippen molar-refractivity contribution in [2.75, 3.05) is 25.5 Å². The summed E-state index contributed by atoms with van der Waals surface area (Å²) in [7, 11) is 1.66. The lowest BCUT2D eigenvalue weighted by Gasteiger charge is -2.23. The number of nitrogens with one attached hydrogen (secondary N) is 2. The minimum Gasteiger partial charge on any atom is -0.497 e. The highest BCUT2D eigenvalue weighted by molar-refractivity contribution is 5.95. The van der Waals surface area contributed by atoms with Crippen LogP contribution in [-0.4, -0.2) is 26.1 Å². The molecule has 5 nitrogen and oxygen atoms in total. The summed E-state index contributed by atoms with van der Waals surface area (Å²) in [5.74, 6) is 1.18. The third-order valence-corrected chi connectivity index (χ3v) is 6.00. The molecule has 1 saturated heterocycles. The number of benzene rings is 2. The van der Waals surface area contributed by atoms with Crippen LogP contribution >= 0.6 is 0 Å². The molecule has 1 amide bonds. The number of ether oxygens (including phenoxy) is 2. The van der Waals surface area contributed by atoms with Crippen molar-refractivity contribution >= 4 is 11.6 Å². The summed E-state index contributed by atoms with van der Waals surface area (Å²) in [6.07, 6.45) is 3.26. The van der Waals surface area contributed by atoms with Crippen LogP contribution in [0, 0.1) is 11.3 Å². The van der Waals surface area contributed by atoms with Crippen molar-refractivity contribution in [2.45, 2.75) is 32.5 Å². The molecule has 4 rings (SSSR count). The maximum absolute atomic E-state index is 12.6. The minimum atomic E-state index is 0.165. The average Bonchev–Trinajstić information content (AvgIpc) is 3.42. The number of anilines is 1. The first kappa shape index (κ1) is 19.0. The van der Waals surface area contributed by atoms with Crippen LogP contribution in [-0.2, 0) is 22.7 Å². The van der Waals surface area contributed by atoms with E-state index in [1.807, 2.05) is 48.5 Å². The highest BCUT2D eigenvalue weighted by Crippen LogP contribution is 2.58. The standard InChI is InChI=1S/C23H28N2O3/c1-27-20-7-5-17(6-8-20)15-28-16-18-3-2-4-19(13-18)25-22(26)21-14-23(21)9-11-24-12-10-23/h2-8,13,21,24H,9-12,14-16H2,1H3,(H,25,26). The Balaban J connectivity index is 1.27. The normalized spacial score (nSPS) is 20.0. The molecule has 2 fully saturated rings. The Morgan fingerprint density at radius 1 is 1.11 bits per heavy atom. The lowest BCUT2D eigenvalue weighted by molar-refractivity contribution is -0.118. The third-order valence-electron chi connectivity index (χ3n) is 6.00. The third kappa shape index (κ3) is 4.37. The number of hydrogen-bond donors (Lipinski definition) is 2. The molecule has 28 heavy (non-hydrogen) atoms. The van der Waals surface area contributed by atoms with E-state index in [-0.39, 0.29) is 17.2 Å². The number of rotatable bonds is 7. The maximum atomic E-state index is 12.6. The first-order valence-corrected chi connectivity index (χ1v) is 10.00. The molecule has 2 N–H and O–H groups in total. The molecule has 1 aliphatic heterocycles. The van der Waals surface area contributed by atoms with Crippen LogP contribution in [0.4, 0.5) is 5.69 Å². The lowest BCUT2D eigenvalue weighted by Crippen LogP contribution is -2.31. The number of amides is 1. The SMILES string of the molecule is COc1ccc(COCc2cccc(NC(=O)C3CC34CCNCC4)c2)cc1. The highest BCUT2D eigenvalue weighted by atomic mass is 16.5. The highest BCUT2D eigenvalue weighted by Gasteiger charge is 2.57. The molecule has 1 saturated carbocycles. The van der Waals surface area contributed by atoms with Crippen LogP contribution in [0.15, 0.2) is 48.5 Å². The Bertz CT molecular complexity index is 813. The Hall–Kier alpha value is -2.37. The van der Waals surface area contributed by atoms with Crippen LogP contribution in [0.5, 0.6) is 5.75 Å². The van der Waals surface area contributed by atoms with Gasteiger partial charge in [0.1, 0.15) is 5.75 Å². The second-order valence-corrected chi connectivity index (χ2v) is 7.90. The molecule has 2 aromatic carbocycles. The summed E-state index contributed by atoms with van der Waals surface area (Å²) in [5, 5.41) is 6.49. The number of methoxy groups -OCH3 is 1. The van der Waals surface area contributed by atoms with Crippen molar-refractivity contribution in [3.05, 3.63) is 59.7 Å². The molecule has 1 atom stereocenters. The van der Waals surface area contributed by atoms with Gasteiger partial charge in [-0.25, -0.2) is 0 Å².